The van der Waals surface area contributed by atoms with Gasteiger partial charge < -0.3 is 31.5 Å². The van der Waals surface area contributed by atoms with Gasteiger partial charge in [0.25, 0.3) is 11.8 Å². The van der Waals surface area contributed by atoms with Crippen molar-refractivity contribution in [2.45, 2.75) is 135 Å². The van der Waals surface area contributed by atoms with Crippen LogP contribution in [-0.2, 0) is 24.0 Å². The monoisotopic (exact) mass is 694 g/mol. The van der Waals surface area contributed by atoms with Crippen LogP contribution in [0.5, 0.6) is 0 Å². The first-order chi connectivity index (χ1) is 23.9. The van der Waals surface area contributed by atoms with E-state index < -0.39 is 64.9 Å². The van der Waals surface area contributed by atoms with Gasteiger partial charge in [-0.25, -0.2) is 4.98 Å². The van der Waals surface area contributed by atoms with Crippen molar-refractivity contribution in [2.24, 2.45) is 17.3 Å². The van der Waals surface area contributed by atoms with E-state index in [0.717, 1.165) is 51.4 Å². The fourth-order valence-corrected chi connectivity index (χ4v) is 7.60. The van der Waals surface area contributed by atoms with E-state index in [-0.39, 0.29) is 36.0 Å². The number of carbonyl (C=O) groups excluding carboxylic acids is 6. The third-order valence-electron chi connectivity index (χ3n) is 10.5. The van der Waals surface area contributed by atoms with Crippen molar-refractivity contribution in [2.75, 3.05) is 13.1 Å². The van der Waals surface area contributed by atoms with Gasteiger partial charge in [0.2, 0.25) is 23.5 Å². The van der Waals surface area contributed by atoms with Gasteiger partial charge in [-0.2, -0.15) is 0 Å². The number of fused-ring (bicyclic) bond motifs is 1. The average molecular weight is 695 g/mol. The Balaban J connectivity index is 1.35. The predicted molar refractivity (Wildman–Crippen MR) is 184 cm³/mol. The normalized spacial score (nSPS) is 24.0. The van der Waals surface area contributed by atoms with Crippen molar-refractivity contribution in [1.82, 2.24) is 41.5 Å². The van der Waals surface area contributed by atoms with E-state index in [2.05, 4.69) is 36.6 Å². The van der Waals surface area contributed by atoms with E-state index in [4.69, 9.17) is 0 Å². The standard InChI is InChI=1S/C36H54N8O6/c1-5-9-24(29(45)34(49)40-23-12-13-23)41-33(48)28-27-22(14-15-39-27)20-44(28)35(50)30(36(2,3)4)43-31(46)25(18-21-10-7-6-8-11-21)42-32(47)26-19-37-16-17-38-26/h16-17,19,21-25,27-28,30,39H,5-15,18,20H2,1-4H3,(H,40,49)(H,41,48)(H,42,47)(H,43,46)/t22-,24-,25-,27-,28-,30+/m0/s1. The molecule has 0 aromatic carbocycles. The van der Waals surface area contributed by atoms with E-state index in [1.807, 2.05) is 27.7 Å². The lowest BCUT2D eigenvalue weighted by molar-refractivity contribution is -0.145. The molecule has 3 heterocycles. The summed E-state index contributed by atoms with van der Waals surface area (Å²) in [4.78, 5) is 91.3. The maximum Gasteiger partial charge on any atom is 0.289 e. The van der Waals surface area contributed by atoms with Crippen molar-refractivity contribution < 1.29 is 28.8 Å². The molecular weight excluding hydrogens is 640 g/mol. The second-order valence-corrected chi connectivity index (χ2v) is 15.6. The molecule has 2 aliphatic heterocycles. The van der Waals surface area contributed by atoms with Gasteiger partial charge in [-0.1, -0.05) is 66.2 Å². The molecule has 5 rings (SSSR count). The van der Waals surface area contributed by atoms with Crippen LogP contribution in [0, 0.1) is 17.3 Å². The van der Waals surface area contributed by atoms with E-state index in [1.165, 1.54) is 23.5 Å². The zero-order valence-electron chi connectivity index (χ0n) is 29.8. The van der Waals surface area contributed by atoms with Crippen LogP contribution in [0.4, 0.5) is 0 Å². The molecule has 2 saturated carbocycles. The second kappa shape index (κ2) is 16.4. The number of carbonyl (C=O) groups is 6. The van der Waals surface area contributed by atoms with Crippen molar-refractivity contribution in [3.8, 4) is 0 Å². The summed E-state index contributed by atoms with van der Waals surface area (Å²) in [7, 11) is 0. The number of Topliss-reactive ketones (excluding diaryl/α,β-unsaturated/α-hetero) is 1. The number of nitrogens with zero attached hydrogens (tertiary/aromatic N) is 3. The highest BCUT2D eigenvalue weighted by Gasteiger charge is 2.52. The minimum absolute atomic E-state index is 0.00274. The SMILES string of the molecule is CCC[C@H](NC(=O)[C@@H]1[C@H]2NCC[C@H]2CN1C(=O)[C@@H](NC(=O)[C@H](CC1CCCCC1)NC(=O)c1cnccn1)C(C)(C)C)C(=O)C(=O)NC1CC1. The number of nitrogens with one attached hydrogen (secondary N) is 5. The van der Waals surface area contributed by atoms with Crippen LogP contribution in [0.25, 0.3) is 0 Å². The first kappa shape index (κ1) is 37.3. The maximum atomic E-state index is 14.6. The topological polar surface area (TPSA) is 192 Å². The lowest BCUT2D eigenvalue weighted by Gasteiger charge is -2.37. The number of amides is 5. The van der Waals surface area contributed by atoms with Gasteiger partial charge in [-0.3, -0.25) is 33.8 Å². The summed E-state index contributed by atoms with van der Waals surface area (Å²) >= 11 is 0. The summed E-state index contributed by atoms with van der Waals surface area (Å²) in [6.07, 6.45) is 13.1. The van der Waals surface area contributed by atoms with E-state index in [1.54, 1.807) is 0 Å². The van der Waals surface area contributed by atoms with Crippen molar-refractivity contribution in [3.63, 3.8) is 0 Å². The third-order valence-corrected chi connectivity index (χ3v) is 10.5. The van der Waals surface area contributed by atoms with Gasteiger partial charge in [0, 0.05) is 31.0 Å². The fourth-order valence-electron chi connectivity index (χ4n) is 7.60. The largest absolute Gasteiger partial charge is 0.347 e. The van der Waals surface area contributed by atoms with Crippen molar-refractivity contribution in [3.05, 3.63) is 24.3 Å². The molecule has 5 N–H and O–H groups in total. The number of hydrogen-bond donors (Lipinski definition) is 5. The zero-order valence-corrected chi connectivity index (χ0v) is 29.8. The highest BCUT2D eigenvalue weighted by molar-refractivity contribution is 6.38. The van der Waals surface area contributed by atoms with Crippen LogP contribution < -0.4 is 26.6 Å². The molecule has 4 aliphatic rings. The highest BCUT2D eigenvalue weighted by Crippen LogP contribution is 2.34. The number of hydrogen-bond acceptors (Lipinski definition) is 9. The van der Waals surface area contributed by atoms with Gasteiger partial charge in [-0.05, 0) is 55.9 Å². The number of likely N-dealkylation sites (tertiary alicyclic amines) is 1. The Morgan fingerprint density at radius 1 is 0.940 bits per heavy atom. The second-order valence-electron chi connectivity index (χ2n) is 15.6. The Morgan fingerprint density at radius 3 is 2.32 bits per heavy atom. The summed E-state index contributed by atoms with van der Waals surface area (Å²) in [6, 6.07) is -4.22. The van der Waals surface area contributed by atoms with Gasteiger partial charge in [0.1, 0.15) is 23.8 Å². The van der Waals surface area contributed by atoms with Gasteiger partial charge in [0.05, 0.1) is 12.2 Å². The van der Waals surface area contributed by atoms with E-state index >= 15 is 0 Å². The average Bonchev–Trinajstić information content (AvgIpc) is 3.66. The molecule has 0 bridgehead atoms. The third kappa shape index (κ3) is 9.23. The van der Waals surface area contributed by atoms with E-state index in [9.17, 15) is 28.8 Å². The number of ketones is 1. The first-order valence-corrected chi connectivity index (χ1v) is 18.4. The summed E-state index contributed by atoms with van der Waals surface area (Å²) in [5.41, 5.74) is -0.669. The summed E-state index contributed by atoms with van der Waals surface area (Å²) < 4.78 is 0. The quantitative estimate of drug-likeness (QED) is 0.179. The Hall–Kier alpha value is -3.94. The van der Waals surface area contributed by atoms with Crippen LogP contribution in [-0.4, -0.2) is 99.5 Å². The molecule has 6 atom stereocenters. The van der Waals surface area contributed by atoms with Crippen LogP contribution >= 0.6 is 0 Å². The van der Waals surface area contributed by atoms with Gasteiger partial charge >= 0.3 is 0 Å². The minimum Gasteiger partial charge on any atom is -0.347 e. The van der Waals surface area contributed by atoms with Crippen LogP contribution in [0.1, 0.15) is 109 Å². The van der Waals surface area contributed by atoms with Crippen LogP contribution in [0.15, 0.2) is 18.6 Å². The molecule has 14 nitrogen and oxygen atoms in total. The summed E-state index contributed by atoms with van der Waals surface area (Å²) in [5, 5.41) is 14.8. The number of aromatic nitrogens is 2. The maximum absolute atomic E-state index is 14.6. The van der Waals surface area contributed by atoms with Gasteiger partial charge in [-0.15, -0.1) is 0 Å². The predicted octanol–water partition coefficient (Wildman–Crippen LogP) is 1.40. The molecular formula is C36H54N8O6. The number of rotatable bonds is 14. The molecule has 14 heteroatoms. The molecule has 1 aromatic heterocycles. The Labute approximate surface area is 294 Å². The van der Waals surface area contributed by atoms with Gasteiger partial charge in [0.15, 0.2) is 0 Å². The Kier molecular flexibility index (Phi) is 12.2. The van der Waals surface area contributed by atoms with Crippen LogP contribution in [0.2, 0.25) is 0 Å². The van der Waals surface area contributed by atoms with Crippen LogP contribution in [0.3, 0.4) is 0 Å². The molecule has 2 aliphatic carbocycles. The molecule has 274 valence electrons. The van der Waals surface area contributed by atoms with E-state index in [0.29, 0.717) is 25.9 Å². The molecule has 4 fully saturated rings. The van der Waals surface area contributed by atoms with Crippen molar-refractivity contribution >= 4 is 35.3 Å². The molecule has 50 heavy (non-hydrogen) atoms. The molecule has 0 spiro atoms. The Morgan fingerprint density at radius 2 is 1.68 bits per heavy atom. The molecule has 5 amide bonds. The molecule has 1 aromatic rings. The molecule has 0 unspecified atom stereocenters. The minimum atomic E-state index is -1.02. The lowest BCUT2D eigenvalue weighted by atomic mass is 9.83. The molecule has 2 saturated heterocycles. The highest BCUT2D eigenvalue weighted by atomic mass is 16.2. The lowest BCUT2D eigenvalue weighted by Crippen LogP contribution is -2.63. The molecule has 0 radical (unpaired) electrons. The fraction of sp³-hybridized carbons (Fsp3) is 0.722. The first-order valence-electron chi connectivity index (χ1n) is 18.4. The Bertz CT molecular complexity index is 1410. The smallest absolute Gasteiger partial charge is 0.289 e. The van der Waals surface area contributed by atoms with Crippen molar-refractivity contribution in [1.29, 1.82) is 0 Å². The summed E-state index contributed by atoms with van der Waals surface area (Å²) in [5.74, 6) is -3.05. The zero-order chi connectivity index (χ0) is 36.0. The summed E-state index contributed by atoms with van der Waals surface area (Å²) in [6.45, 7) is 8.42.